The monoisotopic (exact) mass is 445 g/mol. The first-order chi connectivity index (χ1) is 15.9. The molecule has 3 aliphatic heterocycles. The molecular formula is C27H33N4O2+. The van der Waals surface area contributed by atoms with Crippen LogP contribution in [0.25, 0.3) is 28.2 Å². The smallest absolute Gasteiger partial charge is 0.244 e. The van der Waals surface area contributed by atoms with Gasteiger partial charge in [-0.15, -0.1) is 4.68 Å². The van der Waals surface area contributed by atoms with Crippen molar-refractivity contribution in [2.45, 2.75) is 45.3 Å². The molecule has 2 aromatic carbocycles. The van der Waals surface area contributed by atoms with Gasteiger partial charge in [0.2, 0.25) is 5.52 Å². The van der Waals surface area contributed by atoms with Gasteiger partial charge in [-0.25, -0.2) is 0 Å². The second-order valence-electron chi connectivity index (χ2n) is 10.1. The van der Waals surface area contributed by atoms with Crippen molar-refractivity contribution in [2.75, 3.05) is 38.7 Å². The third-order valence-electron chi connectivity index (χ3n) is 7.35. The zero-order valence-corrected chi connectivity index (χ0v) is 20.1. The summed E-state index contributed by atoms with van der Waals surface area (Å²) < 4.78 is 14.3. The maximum absolute atomic E-state index is 6.45. The predicted octanol–water partition coefficient (Wildman–Crippen LogP) is 4.88. The molecule has 3 aromatic rings. The van der Waals surface area contributed by atoms with Gasteiger partial charge in [0, 0.05) is 18.2 Å². The molecule has 3 aliphatic rings. The average Bonchev–Trinajstić information content (AvgIpc) is 3.18. The molecule has 1 N–H and O–H groups in total. The first-order valence-corrected chi connectivity index (χ1v) is 12.1. The Morgan fingerprint density at radius 2 is 1.97 bits per heavy atom. The summed E-state index contributed by atoms with van der Waals surface area (Å²) in [6, 6.07) is 8.56. The number of fused-ring (bicyclic) bond motifs is 4. The topological polar surface area (TPSA) is 44.6 Å². The van der Waals surface area contributed by atoms with Crippen molar-refractivity contribution in [3.8, 4) is 22.8 Å². The maximum atomic E-state index is 6.45. The van der Waals surface area contributed by atoms with Crippen molar-refractivity contribution in [3.05, 3.63) is 35.9 Å². The highest BCUT2D eigenvalue weighted by Crippen LogP contribution is 2.51. The van der Waals surface area contributed by atoms with Crippen molar-refractivity contribution in [1.82, 2.24) is 10.00 Å². The summed E-state index contributed by atoms with van der Waals surface area (Å²) in [6.07, 6.45) is 8.37. The third-order valence-corrected chi connectivity index (χ3v) is 7.35. The number of likely N-dealkylation sites (tertiary alicyclic amines) is 1. The number of hydrogen-bond acceptors (Lipinski definition) is 4. The number of nitrogens with zero attached hydrogens (tertiary/aromatic N) is 3. The van der Waals surface area contributed by atoms with E-state index in [1.54, 1.807) is 7.11 Å². The van der Waals surface area contributed by atoms with E-state index in [1.165, 1.54) is 60.2 Å². The maximum Gasteiger partial charge on any atom is 0.244 e. The lowest BCUT2D eigenvalue weighted by molar-refractivity contribution is -0.725. The van der Waals surface area contributed by atoms with E-state index in [-0.39, 0.29) is 5.60 Å². The molecule has 0 unspecified atom stereocenters. The number of piperidine rings is 1. The number of benzene rings is 2. The number of methoxy groups -OCH3 is 1. The normalized spacial score (nSPS) is 18.7. The van der Waals surface area contributed by atoms with Gasteiger partial charge in [-0.1, -0.05) is 6.42 Å². The Morgan fingerprint density at radius 1 is 1.15 bits per heavy atom. The molecule has 33 heavy (non-hydrogen) atoms. The predicted molar refractivity (Wildman–Crippen MR) is 133 cm³/mol. The molecular weight excluding hydrogens is 412 g/mol. The fourth-order valence-corrected chi connectivity index (χ4v) is 5.60. The van der Waals surface area contributed by atoms with Crippen LogP contribution in [0.4, 0.5) is 11.4 Å². The van der Waals surface area contributed by atoms with Crippen LogP contribution in [0.1, 0.15) is 38.7 Å². The summed E-state index contributed by atoms with van der Waals surface area (Å²) in [5.41, 5.74) is 6.73. The largest absolute Gasteiger partial charge is 0.497 e. The standard InChI is InChI=1S/C27H32N4O2/c1-27(2)11-10-19-23(33-27)17-22-24-25(28-31(22)15-14-30-12-6-5-7-13-30)20-16-18(32-4)8-9-21(20)29(3)26(19)24/h8-11,16-17H,5-7,12-15H2,1-4H3/p+1. The van der Waals surface area contributed by atoms with Gasteiger partial charge in [-0.2, -0.15) is 5.10 Å². The van der Waals surface area contributed by atoms with E-state index in [1.807, 2.05) is 6.07 Å². The Hall–Kier alpha value is -2.99. The zero-order valence-electron chi connectivity index (χ0n) is 20.1. The van der Waals surface area contributed by atoms with Crippen molar-refractivity contribution < 1.29 is 14.2 Å². The molecule has 6 heteroatoms. The number of aromatic nitrogens is 2. The summed E-state index contributed by atoms with van der Waals surface area (Å²) in [5, 5.41) is 5.02. The number of aromatic amines is 1. The molecule has 1 fully saturated rings. The summed E-state index contributed by atoms with van der Waals surface area (Å²) in [6.45, 7) is 8.62. The van der Waals surface area contributed by atoms with Gasteiger partial charge in [-0.3, -0.25) is 4.90 Å². The molecule has 172 valence electrons. The van der Waals surface area contributed by atoms with Crippen LogP contribution in [0.3, 0.4) is 0 Å². The molecule has 0 amide bonds. The summed E-state index contributed by atoms with van der Waals surface area (Å²) in [4.78, 5) is 4.89. The molecule has 6 nitrogen and oxygen atoms in total. The Balaban J connectivity index is 1.54. The lowest BCUT2D eigenvalue weighted by Gasteiger charge is -2.33. The van der Waals surface area contributed by atoms with E-state index in [0.29, 0.717) is 0 Å². The molecule has 6 rings (SSSR count). The second kappa shape index (κ2) is 7.52. The summed E-state index contributed by atoms with van der Waals surface area (Å²) in [5.74, 6) is 1.82. The van der Waals surface area contributed by atoms with Gasteiger partial charge in [0.1, 0.15) is 28.2 Å². The molecule has 0 spiro atoms. The van der Waals surface area contributed by atoms with Crippen molar-refractivity contribution in [3.63, 3.8) is 0 Å². The van der Waals surface area contributed by atoms with Crippen LogP contribution >= 0.6 is 0 Å². The van der Waals surface area contributed by atoms with Crippen molar-refractivity contribution >= 4 is 28.4 Å². The van der Waals surface area contributed by atoms with E-state index in [0.717, 1.165) is 35.8 Å². The third kappa shape index (κ3) is 3.31. The minimum Gasteiger partial charge on any atom is -0.497 e. The zero-order chi connectivity index (χ0) is 22.7. The van der Waals surface area contributed by atoms with Crippen LogP contribution in [0, 0.1) is 0 Å². The first kappa shape index (κ1) is 20.6. The second-order valence-corrected chi connectivity index (χ2v) is 10.1. The fraction of sp³-hybridized carbons (Fsp3) is 0.444. The number of nitrogens with one attached hydrogen (secondary N) is 1. The van der Waals surface area contributed by atoms with Gasteiger partial charge in [-0.05, 0) is 70.1 Å². The first-order valence-electron chi connectivity index (χ1n) is 12.1. The minimum absolute atomic E-state index is 0.316. The SMILES string of the molecule is COc1ccc2c(c1)-c1[nH][n+](CCN3CCCCC3)c3cc4c(c(c13)N2C)C=CC(C)(C)O4. The van der Waals surface area contributed by atoms with Crippen LogP contribution in [0.5, 0.6) is 11.5 Å². The number of ether oxygens (including phenoxy) is 2. The van der Waals surface area contributed by atoms with Crippen molar-refractivity contribution in [2.24, 2.45) is 0 Å². The summed E-state index contributed by atoms with van der Waals surface area (Å²) >= 11 is 0. The minimum atomic E-state index is -0.316. The number of rotatable bonds is 4. The van der Waals surface area contributed by atoms with Crippen LogP contribution in [-0.4, -0.2) is 49.4 Å². The number of H-pyrrole nitrogens is 1. The van der Waals surface area contributed by atoms with Gasteiger partial charge in [0.25, 0.3) is 0 Å². The molecule has 0 aliphatic carbocycles. The van der Waals surface area contributed by atoms with Crippen molar-refractivity contribution in [1.29, 1.82) is 0 Å². The molecule has 1 aromatic heterocycles. The fourth-order valence-electron chi connectivity index (χ4n) is 5.60. The van der Waals surface area contributed by atoms with Crippen LogP contribution in [0.15, 0.2) is 30.3 Å². The summed E-state index contributed by atoms with van der Waals surface area (Å²) in [7, 11) is 3.88. The van der Waals surface area contributed by atoms with E-state index >= 15 is 0 Å². The van der Waals surface area contributed by atoms with E-state index in [2.05, 4.69) is 70.8 Å². The molecule has 0 bridgehead atoms. The van der Waals surface area contributed by atoms with Gasteiger partial charge < -0.3 is 14.4 Å². The quantitative estimate of drug-likeness (QED) is 0.581. The molecule has 0 atom stereocenters. The highest BCUT2D eigenvalue weighted by atomic mass is 16.5. The molecule has 4 heterocycles. The molecule has 1 saturated heterocycles. The van der Waals surface area contributed by atoms with Crippen LogP contribution in [0.2, 0.25) is 0 Å². The average molecular weight is 446 g/mol. The Kier molecular flexibility index (Phi) is 4.70. The molecule has 0 radical (unpaired) electrons. The lowest BCUT2D eigenvalue weighted by atomic mass is 9.93. The molecule has 0 saturated carbocycles. The Bertz CT molecular complexity index is 1270. The number of anilines is 2. The highest BCUT2D eigenvalue weighted by molar-refractivity contribution is 6.12. The van der Waals surface area contributed by atoms with Crippen LogP contribution in [-0.2, 0) is 6.54 Å². The van der Waals surface area contributed by atoms with Gasteiger partial charge >= 0.3 is 0 Å². The Labute approximate surface area is 195 Å². The van der Waals surface area contributed by atoms with E-state index in [9.17, 15) is 0 Å². The lowest BCUT2D eigenvalue weighted by Crippen LogP contribution is -2.43. The van der Waals surface area contributed by atoms with Gasteiger partial charge in [0.15, 0.2) is 6.54 Å². The van der Waals surface area contributed by atoms with E-state index < -0.39 is 0 Å². The Morgan fingerprint density at radius 3 is 2.76 bits per heavy atom. The van der Waals surface area contributed by atoms with E-state index in [4.69, 9.17) is 9.47 Å². The highest BCUT2D eigenvalue weighted by Gasteiger charge is 2.36. The number of hydrogen-bond donors (Lipinski definition) is 1. The van der Waals surface area contributed by atoms with Crippen LogP contribution < -0.4 is 19.1 Å². The van der Waals surface area contributed by atoms with Gasteiger partial charge in [0.05, 0.1) is 31.1 Å².